The molecule has 136 valence electrons. The van der Waals surface area contributed by atoms with Crippen molar-refractivity contribution >= 4 is 28.6 Å². The predicted molar refractivity (Wildman–Crippen MR) is 105 cm³/mol. The molecule has 2 N–H and O–H groups in total. The van der Waals surface area contributed by atoms with Gasteiger partial charge in [0.05, 0.1) is 5.41 Å². The van der Waals surface area contributed by atoms with Crippen molar-refractivity contribution in [3.05, 3.63) is 36.5 Å². The van der Waals surface area contributed by atoms with Crippen LogP contribution in [0, 0.1) is 5.41 Å². The molecule has 1 aromatic heterocycles. The fourth-order valence-electron chi connectivity index (χ4n) is 2.51. The monoisotopic (exact) mass is 361 g/mol. The van der Waals surface area contributed by atoms with Gasteiger partial charge in [-0.3, -0.25) is 4.79 Å². The molecule has 0 saturated carbocycles. The Balaban J connectivity index is 2.54. The molecule has 0 aliphatic rings. The highest BCUT2D eigenvalue weighted by Crippen LogP contribution is 2.42. The van der Waals surface area contributed by atoms with E-state index in [4.69, 9.17) is 4.74 Å². The van der Waals surface area contributed by atoms with E-state index < -0.39 is 11.4 Å². The number of benzene rings is 1. The van der Waals surface area contributed by atoms with Crippen molar-refractivity contribution in [3.8, 4) is 5.75 Å². The summed E-state index contributed by atoms with van der Waals surface area (Å²) in [4.78, 5) is 16.1. The van der Waals surface area contributed by atoms with E-state index in [0.717, 1.165) is 27.2 Å². The summed E-state index contributed by atoms with van der Waals surface area (Å²) in [7, 11) is 0. The summed E-state index contributed by atoms with van der Waals surface area (Å²) in [5.41, 5.74) is 1.12. The van der Waals surface area contributed by atoms with Crippen LogP contribution in [-0.2, 0) is 11.2 Å². The number of hydrogen-bond donors (Lipinski definition) is 2. The lowest BCUT2D eigenvalue weighted by Gasteiger charge is -2.22. The van der Waals surface area contributed by atoms with E-state index in [9.17, 15) is 9.90 Å². The zero-order chi connectivity index (χ0) is 18.8. The minimum atomic E-state index is -0.837. The van der Waals surface area contributed by atoms with Crippen molar-refractivity contribution in [3.63, 3.8) is 0 Å². The highest BCUT2D eigenvalue weighted by Gasteiger charge is 2.31. The fourth-order valence-corrected chi connectivity index (χ4v) is 3.65. The first kappa shape index (κ1) is 19.4. The molecule has 0 aliphatic carbocycles. The van der Waals surface area contributed by atoms with Crippen LogP contribution in [0.2, 0.25) is 0 Å². The molecule has 0 atom stereocenters. The lowest BCUT2D eigenvalue weighted by atomic mass is 9.88. The van der Waals surface area contributed by atoms with Crippen LogP contribution in [0.3, 0.4) is 0 Å². The van der Waals surface area contributed by atoms with Crippen LogP contribution in [0.15, 0.2) is 35.7 Å². The molecule has 0 amide bonds. The number of hydrogen-bond acceptors (Lipinski definition) is 3. The average Bonchev–Trinajstić information content (AvgIpc) is 2.80. The molecule has 25 heavy (non-hydrogen) atoms. The number of nitrogens with one attached hydrogen (secondary N) is 1. The summed E-state index contributed by atoms with van der Waals surface area (Å²) in [6.07, 6.45) is 2.16. The Hall–Kier alpha value is -1.88. The molecule has 2 aromatic rings. The zero-order valence-corrected chi connectivity index (χ0v) is 16.4. The van der Waals surface area contributed by atoms with Gasteiger partial charge in [0, 0.05) is 32.7 Å². The summed E-state index contributed by atoms with van der Waals surface area (Å²) in [6, 6.07) is 5.92. The van der Waals surface area contributed by atoms with Crippen molar-refractivity contribution in [1.82, 2.24) is 4.98 Å². The molecule has 2 rings (SSSR count). The molecule has 0 aliphatic heterocycles. The van der Waals surface area contributed by atoms with Gasteiger partial charge < -0.3 is 14.8 Å². The van der Waals surface area contributed by atoms with Gasteiger partial charge in [0.1, 0.15) is 12.4 Å². The SMILES string of the molecule is C=CCOc1ccc2[nH]c(CC(C)(C)C(=O)O)c(SC(C)(C)C)c2c1. The molecular formula is C20H27NO3S. The third-order valence-corrected chi connectivity index (χ3v) is 5.05. The Morgan fingerprint density at radius 3 is 2.56 bits per heavy atom. The predicted octanol–water partition coefficient (Wildman–Crippen LogP) is 5.28. The molecule has 5 heteroatoms. The number of H-pyrrole nitrogens is 1. The summed E-state index contributed by atoms with van der Waals surface area (Å²) in [5, 5.41) is 10.6. The van der Waals surface area contributed by atoms with Gasteiger partial charge in [0.2, 0.25) is 0 Å². The summed E-state index contributed by atoms with van der Waals surface area (Å²) >= 11 is 1.75. The Morgan fingerprint density at radius 2 is 2.00 bits per heavy atom. The third kappa shape index (κ3) is 4.82. The van der Waals surface area contributed by atoms with Gasteiger partial charge in [-0.05, 0) is 32.0 Å². The molecule has 0 saturated heterocycles. The molecule has 0 spiro atoms. The highest BCUT2D eigenvalue weighted by molar-refractivity contribution is 8.00. The van der Waals surface area contributed by atoms with E-state index >= 15 is 0 Å². The number of fused-ring (bicyclic) bond motifs is 1. The Labute approximate surface area is 153 Å². The number of rotatable bonds is 7. The van der Waals surface area contributed by atoms with Crippen LogP contribution in [0.5, 0.6) is 5.75 Å². The van der Waals surface area contributed by atoms with E-state index in [1.165, 1.54) is 0 Å². The molecular weight excluding hydrogens is 334 g/mol. The summed E-state index contributed by atoms with van der Waals surface area (Å²) in [6.45, 7) is 14.1. The maximum absolute atomic E-state index is 11.6. The van der Waals surface area contributed by atoms with Gasteiger partial charge in [0.25, 0.3) is 0 Å². The van der Waals surface area contributed by atoms with Crippen LogP contribution >= 0.6 is 11.8 Å². The molecule has 0 fully saturated rings. The Bertz CT molecular complexity index is 784. The minimum absolute atomic E-state index is 0.00914. The first-order valence-electron chi connectivity index (χ1n) is 8.34. The second-order valence-electron chi connectivity index (χ2n) is 7.82. The number of carboxylic acids is 1. The molecule has 1 heterocycles. The van der Waals surface area contributed by atoms with Crippen LogP contribution in [0.25, 0.3) is 10.9 Å². The first-order chi connectivity index (χ1) is 11.5. The third-order valence-electron chi connectivity index (χ3n) is 3.77. The second-order valence-corrected chi connectivity index (χ2v) is 9.66. The van der Waals surface area contributed by atoms with Crippen molar-refractivity contribution in [2.24, 2.45) is 5.41 Å². The van der Waals surface area contributed by atoms with Gasteiger partial charge in [-0.15, -0.1) is 11.8 Å². The number of ether oxygens (including phenoxy) is 1. The maximum atomic E-state index is 11.6. The van der Waals surface area contributed by atoms with Gasteiger partial charge >= 0.3 is 5.97 Å². The van der Waals surface area contributed by atoms with Crippen LogP contribution in [0.1, 0.15) is 40.3 Å². The standard InChI is InChI=1S/C20H27NO3S/c1-7-10-24-13-8-9-15-14(11-13)17(25-19(2,3)4)16(21-15)12-20(5,6)18(22)23/h7-9,11,21H,1,10,12H2,2-6H3,(H,22,23). The van der Waals surface area contributed by atoms with E-state index in [1.807, 2.05) is 18.2 Å². The number of aromatic nitrogens is 1. The van der Waals surface area contributed by atoms with Crippen molar-refractivity contribution in [1.29, 1.82) is 0 Å². The summed E-state index contributed by atoms with van der Waals surface area (Å²) < 4.78 is 5.67. The van der Waals surface area contributed by atoms with Crippen LogP contribution in [0.4, 0.5) is 0 Å². The maximum Gasteiger partial charge on any atom is 0.309 e. The van der Waals surface area contributed by atoms with Gasteiger partial charge in [-0.1, -0.05) is 33.4 Å². The fraction of sp³-hybridized carbons (Fsp3) is 0.450. The van der Waals surface area contributed by atoms with Gasteiger partial charge in [-0.25, -0.2) is 0 Å². The van der Waals surface area contributed by atoms with Crippen molar-refractivity contribution in [2.45, 2.75) is 50.7 Å². The quantitative estimate of drug-likeness (QED) is 0.520. The molecule has 0 unspecified atom stereocenters. The molecule has 1 aromatic carbocycles. The lowest BCUT2D eigenvalue weighted by molar-refractivity contribution is -0.146. The molecule has 4 nitrogen and oxygen atoms in total. The van der Waals surface area contributed by atoms with E-state index in [-0.39, 0.29) is 4.75 Å². The van der Waals surface area contributed by atoms with E-state index in [0.29, 0.717) is 13.0 Å². The normalized spacial score (nSPS) is 12.4. The Kier molecular flexibility index (Phi) is 5.57. The Morgan fingerprint density at radius 1 is 1.32 bits per heavy atom. The van der Waals surface area contributed by atoms with Gasteiger partial charge in [0.15, 0.2) is 0 Å². The van der Waals surface area contributed by atoms with Crippen LogP contribution < -0.4 is 4.74 Å². The van der Waals surface area contributed by atoms with Crippen molar-refractivity contribution < 1.29 is 14.6 Å². The smallest absolute Gasteiger partial charge is 0.309 e. The lowest BCUT2D eigenvalue weighted by Crippen LogP contribution is -2.26. The summed E-state index contributed by atoms with van der Waals surface area (Å²) in [5.74, 6) is -0.0147. The first-order valence-corrected chi connectivity index (χ1v) is 9.16. The number of carboxylic acid groups (broad SMARTS) is 1. The number of aromatic amines is 1. The zero-order valence-electron chi connectivity index (χ0n) is 15.6. The number of thioether (sulfide) groups is 1. The largest absolute Gasteiger partial charge is 0.490 e. The van der Waals surface area contributed by atoms with Gasteiger partial charge in [-0.2, -0.15) is 0 Å². The minimum Gasteiger partial charge on any atom is -0.490 e. The second kappa shape index (κ2) is 7.16. The van der Waals surface area contributed by atoms with E-state index in [2.05, 4.69) is 32.3 Å². The number of aliphatic carboxylic acids is 1. The molecule has 0 radical (unpaired) electrons. The molecule has 0 bridgehead atoms. The average molecular weight is 362 g/mol. The topological polar surface area (TPSA) is 62.3 Å². The highest BCUT2D eigenvalue weighted by atomic mass is 32.2. The van der Waals surface area contributed by atoms with Crippen molar-refractivity contribution in [2.75, 3.05) is 6.61 Å². The van der Waals surface area contributed by atoms with E-state index in [1.54, 1.807) is 31.7 Å². The van der Waals surface area contributed by atoms with Crippen LogP contribution in [-0.4, -0.2) is 27.4 Å². The number of carbonyl (C=O) groups is 1.